The molecule has 0 amide bonds. The predicted molar refractivity (Wildman–Crippen MR) is 94.9 cm³/mol. The number of hydrogen-bond acceptors (Lipinski definition) is 6. The monoisotopic (exact) mass is 415 g/mol. The molecule has 8 heteroatoms. The molecule has 1 aromatic carbocycles. The Hall–Kier alpha value is -1.51. The average Bonchev–Trinajstić information content (AvgIpc) is 3.20. The number of aliphatic hydroxyl groups is 1. The van der Waals surface area contributed by atoms with Crippen LogP contribution in [0, 0.1) is 10.1 Å². The molecule has 0 aromatic heterocycles. The summed E-state index contributed by atoms with van der Waals surface area (Å²) in [6, 6.07) is 5.26. The number of nitro benzene ring substituents is 1. The molecule has 0 spiro atoms. The lowest BCUT2D eigenvalue weighted by molar-refractivity contribution is -0.384. The van der Waals surface area contributed by atoms with Crippen LogP contribution >= 0.6 is 15.9 Å². The van der Waals surface area contributed by atoms with Crippen LogP contribution in [0.1, 0.15) is 44.0 Å². The maximum atomic E-state index is 12.0. The van der Waals surface area contributed by atoms with Gasteiger partial charge in [-0.15, -0.1) is 0 Å². The minimum absolute atomic E-state index is 0.0515. The SMILES string of the molecule is CC(C)(O)[C@@H](Br)CC[C@]1(C)O[C@H]1COC(=O)c1ccc([N+](=O)[O-])cc1. The minimum Gasteiger partial charge on any atom is -0.459 e. The highest BCUT2D eigenvalue weighted by Crippen LogP contribution is 2.42. The molecular formula is C17H22BrNO6. The number of halogens is 1. The van der Waals surface area contributed by atoms with E-state index in [2.05, 4.69) is 15.9 Å². The number of hydrogen-bond donors (Lipinski definition) is 1. The van der Waals surface area contributed by atoms with Gasteiger partial charge in [0.05, 0.1) is 21.7 Å². The summed E-state index contributed by atoms with van der Waals surface area (Å²) in [6.45, 7) is 5.56. The van der Waals surface area contributed by atoms with Crippen molar-refractivity contribution < 1.29 is 24.3 Å². The largest absolute Gasteiger partial charge is 0.459 e. The van der Waals surface area contributed by atoms with Crippen molar-refractivity contribution in [1.29, 1.82) is 0 Å². The van der Waals surface area contributed by atoms with Gasteiger partial charge in [-0.1, -0.05) is 15.9 Å². The van der Waals surface area contributed by atoms with Crippen LogP contribution in [0.15, 0.2) is 24.3 Å². The van der Waals surface area contributed by atoms with Crippen LogP contribution in [0.4, 0.5) is 5.69 Å². The number of carbonyl (C=O) groups is 1. The Balaban J connectivity index is 1.78. The Bertz CT molecular complexity index is 642. The Morgan fingerprint density at radius 1 is 1.48 bits per heavy atom. The molecule has 2 rings (SSSR count). The molecule has 1 heterocycles. The molecule has 1 aliphatic rings. The van der Waals surface area contributed by atoms with Gasteiger partial charge in [0, 0.05) is 17.0 Å². The fraction of sp³-hybridized carbons (Fsp3) is 0.588. The van der Waals surface area contributed by atoms with E-state index in [-0.39, 0.29) is 34.4 Å². The van der Waals surface area contributed by atoms with E-state index in [1.165, 1.54) is 24.3 Å². The zero-order valence-electron chi connectivity index (χ0n) is 14.4. The summed E-state index contributed by atoms with van der Waals surface area (Å²) >= 11 is 3.47. The van der Waals surface area contributed by atoms with Crippen molar-refractivity contribution in [3.63, 3.8) is 0 Å². The third-order valence-corrected chi connectivity index (χ3v) is 5.95. The lowest BCUT2D eigenvalue weighted by Gasteiger charge is -2.24. The van der Waals surface area contributed by atoms with Gasteiger partial charge < -0.3 is 14.6 Å². The summed E-state index contributed by atoms with van der Waals surface area (Å²) < 4.78 is 10.9. The molecule has 1 aromatic rings. The maximum absolute atomic E-state index is 12.0. The summed E-state index contributed by atoms with van der Waals surface area (Å²) in [6.07, 6.45) is 1.27. The van der Waals surface area contributed by atoms with Gasteiger partial charge in [-0.05, 0) is 45.7 Å². The van der Waals surface area contributed by atoms with Gasteiger partial charge in [0.1, 0.15) is 12.7 Å². The van der Waals surface area contributed by atoms with E-state index >= 15 is 0 Å². The van der Waals surface area contributed by atoms with Gasteiger partial charge in [-0.2, -0.15) is 0 Å². The van der Waals surface area contributed by atoms with Gasteiger partial charge >= 0.3 is 5.97 Å². The van der Waals surface area contributed by atoms with E-state index in [1.54, 1.807) is 13.8 Å². The zero-order valence-corrected chi connectivity index (χ0v) is 16.0. The first kappa shape index (κ1) is 19.8. The quantitative estimate of drug-likeness (QED) is 0.230. The molecule has 0 radical (unpaired) electrons. The molecule has 7 nitrogen and oxygen atoms in total. The summed E-state index contributed by atoms with van der Waals surface area (Å²) in [5, 5.41) is 20.5. The first-order valence-electron chi connectivity index (χ1n) is 7.99. The number of non-ortho nitro benzene ring substituents is 1. The van der Waals surface area contributed by atoms with Gasteiger partial charge in [0.2, 0.25) is 0 Å². The average molecular weight is 416 g/mol. The van der Waals surface area contributed by atoms with Crippen molar-refractivity contribution in [2.45, 2.75) is 55.7 Å². The van der Waals surface area contributed by atoms with Crippen LogP contribution in [-0.4, -0.2) is 44.7 Å². The van der Waals surface area contributed by atoms with E-state index in [9.17, 15) is 20.0 Å². The lowest BCUT2D eigenvalue weighted by Crippen LogP contribution is -2.32. The van der Waals surface area contributed by atoms with Gasteiger partial charge in [-0.3, -0.25) is 10.1 Å². The number of benzene rings is 1. The molecule has 0 saturated carbocycles. The lowest BCUT2D eigenvalue weighted by atomic mass is 9.95. The van der Waals surface area contributed by atoms with Crippen molar-refractivity contribution >= 4 is 27.6 Å². The Labute approximate surface area is 154 Å². The van der Waals surface area contributed by atoms with Crippen molar-refractivity contribution in [2.75, 3.05) is 6.61 Å². The second-order valence-electron chi connectivity index (χ2n) is 6.98. The molecule has 0 unspecified atom stereocenters. The van der Waals surface area contributed by atoms with Crippen molar-refractivity contribution in [3.05, 3.63) is 39.9 Å². The molecule has 1 N–H and O–H groups in total. The number of nitro groups is 1. The van der Waals surface area contributed by atoms with Crippen LogP contribution in [0.5, 0.6) is 0 Å². The first-order chi connectivity index (χ1) is 11.5. The molecule has 25 heavy (non-hydrogen) atoms. The van der Waals surface area contributed by atoms with Gasteiger partial charge in [0.25, 0.3) is 5.69 Å². The standard InChI is InChI=1S/C17H22BrNO6/c1-16(2,21)13(18)8-9-17(3)14(25-17)10-24-15(20)11-4-6-12(7-5-11)19(22)23/h4-7,13-14,21H,8-10H2,1-3H3/t13-,14-,17-/m0/s1. The van der Waals surface area contributed by atoms with E-state index < -0.39 is 16.5 Å². The van der Waals surface area contributed by atoms with E-state index in [4.69, 9.17) is 9.47 Å². The molecule has 138 valence electrons. The summed E-state index contributed by atoms with van der Waals surface area (Å²) in [5.41, 5.74) is -1.00. The van der Waals surface area contributed by atoms with Crippen molar-refractivity contribution in [2.24, 2.45) is 0 Å². The summed E-state index contributed by atoms with van der Waals surface area (Å²) in [4.78, 5) is 22.0. The van der Waals surface area contributed by atoms with Crippen LogP contribution in [0.25, 0.3) is 0 Å². The first-order valence-corrected chi connectivity index (χ1v) is 8.90. The number of nitrogens with zero attached hydrogens (tertiary/aromatic N) is 1. The highest BCUT2D eigenvalue weighted by atomic mass is 79.9. The second kappa shape index (κ2) is 7.39. The minimum atomic E-state index is -0.816. The second-order valence-corrected chi connectivity index (χ2v) is 8.09. The van der Waals surface area contributed by atoms with Crippen LogP contribution in [-0.2, 0) is 9.47 Å². The number of esters is 1. The van der Waals surface area contributed by atoms with Crippen molar-refractivity contribution in [1.82, 2.24) is 0 Å². The van der Waals surface area contributed by atoms with E-state index in [1.807, 2.05) is 6.92 Å². The predicted octanol–water partition coefficient (Wildman–Crippen LogP) is 3.22. The number of carbonyl (C=O) groups excluding carboxylic acids is 1. The summed E-state index contributed by atoms with van der Waals surface area (Å²) in [7, 11) is 0. The molecular weight excluding hydrogens is 394 g/mol. The number of ether oxygens (including phenoxy) is 2. The Morgan fingerprint density at radius 3 is 2.60 bits per heavy atom. The third-order valence-electron chi connectivity index (χ3n) is 4.38. The Kier molecular flexibility index (Phi) is 5.86. The van der Waals surface area contributed by atoms with Crippen LogP contribution < -0.4 is 0 Å². The zero-order chi connectivity index (χ0) is 18.8. The highest BCUT2D eigenvalue weighted by molar-refractivity contribution is 9.09. The highest BCUT2D eigenvalue weighted by Gasteiger charge is 2.52. The normalized spacial score (nSPS) is 23.8. The fourth-order valence-corrected chi connectivity index (χ4v) is 2.67. The van der Waals surface area contributed by atoms with E-state index in [0.29, 0.717) is 0 Å². The Morgan fingerprint density at radius 2 is 2.08 bits per heavy atom. The third kappa shape index (κ3) is 5.23. The molecule has 1 saturated heterocycles. The molecule has 0 aliphatic carbocycles. The van der Waals surface area contributed by atoms with Gasteiger partial charge in [-0.25, -0.2) is 4.79 Å². The van der Waals surface area contributed by atoms with Crippen molar-refractivity contribution in [3.8, 4) is 0 Å². The maximum Gasteiger partial charge on any atom is 0.338 e. The number of epoxide rings is 1. The van der Waals surface area contributed by atoms with E-state index in [0.717, 1.165) is 12.8 Å². The van der Waals surface area contributed by atoms with Crippen LogP contribution in [0.3, 0.4) is 0 Å². The molecule has 1 aliphatic heterocycles. The van der Waals surface area contributed by atoms with Gasteiger partial charge in [0.15, 0.2) is 0 Å². The number of rotatable bonds is 8. The molecule has 3 atom stereocenters. The fourth-order valence-electron chi connectivity index (χ4n) is 2.44. The number of alkyl halides is 1. The molecule has 0 bridgehead atoms. The topological polar surface area (TPSA) is 102 Å². The smallest absolute Gasteiger partial charge is 0.338 e. The molecule has 1 fully saturated rings. The van der Waals surface area contributed by atoms with Crippen LogP contribution in [0.2, 0.25) is 0 Å². The summed E-state index contributed by atoms with van der Waals surface area (Å²) in [5.74, 6) is -0.539.